The van der Waals surface area contributed by atoms with Crippen LogP contribution in [0.1, 0.15) is 12.1 Å². The predicted octanol–water partition coefficient (Wildman–Crippen LogP) is 1.07. The first-order valence-electron chi connectivity index (χ1n) is 4.68. The van der Waals surface area contributed by atoms with Crippen molar-refractivity contribution in [3.63, 3.8) is 0 Å². The van der Waals surface area contributed by atoms with Gasteiger partial charge in [0.2, 0.25) is 10.0 Å². The van der Waals surface area contributed by atoms with Gasteiger partial charge >= 0.3 is 0 Å². The smallest absolute Gasteiger partial charge is 0.211 e. The fourth-order valence-electron chi connectivity index (χ4n) is 1.18. The van der Waals surface area contributed by atoms with E-state index in [4.69, 9.17) is 11.6 Å². The highest BCUT2D eigenvalue weighted by atomic mass is 35.5. The number of halogens is 1. The highest BCUT2D eigenvalue weighted by Crippen LogP contribution is 2.00. The number of aromatic nitrogens is 1. The van der Waals surface area contributed by atoms with E-state index in [0.717, 1.165) is 5.69 Å². The third-order valence-corrected chi connectivity index (χ3v) is 3.75. The Hall–Kier alpha value is -0.520. The Morgan fingerprint density at radius 3 is 2.80 bits per heavy atom. The summed E-state index contributed by atoms with van der Waals surface area (Å²) in [4.78, 5) is 0. The van der Waals surface area contributed by atoms with E-state index in [1.165, 1.54) is 0 Å². The predicted molar refractivity (Wildman–Crippen MR) is 61.4 cm³/mol. The van der Waals surface area contributed by atoms with Crippen molar-refractivity contribution in [3.8, 4) is 0 Å². The molecule has 6 heteroatoms. The Kier molecular flexibility index (Phi) is 4.63. The summed E-state index contributed by atoms with van der Waals surface area (Å²) in [5.74, 6) is 0.450. The van der Waals surface area contributed by atoms with Crippen molar-refractivity contribution in [2.75, 3.05) is 11.6 Å². The van der Waals surface area contributed by atoms with Crippen molar-refractivity contribution in [1.82, 2.24) is 9.29 Å². The van der Waals surface area contributed by atoms with Crippen LogP contribution in [0.15, 0.2) is 18.3 Å². The molecule has 0 saturated heterocycles. The quantitative estimate of drug-likeness (QED) is 0.768. The summed E-state index contributed by atoms with van der Waals surface area (Å²) < 4.78 is 27.2. The number of hydrogen-bond acceptors (Lipinski definition) is 2. The number of nitrogens with one attached hydrogen (secondary N) is 1. The number of hydrogen-bond donors (Lipinski definition) is 1. The third kappa shape index (κ3) is 4.24. The molecular weight excluding hydrogens is 236 g/mol. The fourth-order valence-corrected chi connectivity index (χ4v) is 2.51. The summed E-state index contributed by atoms with van der Waals surface area (Å²) >= 11 is 5.44. The van der Waals surface area contributed by atoms with Crippen molar-refractivity contribution in [3.05, 3.63) is 24.0 Å². The van der Waals surface area contributed by atoms with E-state index in [1.807, 2.05) is 29.9 Å². The molecule has 0 aliphatic heterocycles. The SMILES string of the molecule is Cn1cccc1CNS(=O)(=O)CCCCl. The van der Waals surface area contributed by atoms with Gasteiger partial charge in [-0.2, -0.15) is 0 Å². The van der Waals surface area contributed by atoms with E-state index >= 15 is 0 Å². The maximum atomic E-state index is 11.4. The van der Waals surface area contributed by atoms with Crippen LogP contribution in [0, 0.1) is 0 Å². The molecule has 15 heavy (non-hydrogen) atoms. The van der Waals surface area contributed by atoms with Crippen molar-refractivity contribution < 1.29 is 8.42 Å². The molecule has 1 rings (SSSR count). The largest absolute Gasteiger partial charge is 0.353 e. The highest BCUT2D eigenvalue weighted by molar-refractivity contribution is 7.89. The van der Waals surface area contributed by atoms with Crippen LogP contribution in [0.2, 0.25) is 0 Å². The topological polar surface area (TPSA) is 51.1 Å². The molecule has 0 fully saturated rings. The van der Waals surface area contributed by atoms with Gasteiger partial charge in [0, 0.05) is 24.8 Å². The number of aryl methyl sites for hydroxylation is 1. The Labute approximate surface area is 95.3 Å². The fraction of sp³-hybridized carbons (Fsp3) is 0.556. The second kappa shape index (κ2) is 5.53. The lowest BCUT2D eigenvalue weighted by Gasteiger charge is -2.06. The average molecular weight is 251 g/mol. The molecule has 0 aromatic carbocycles. The van der Waals surface area contributed by atoms with E-state index < -0.39 is 10.0 Å². The van der Waals surface area contributed by atoms with E-state index in [-0.39, 0.29) is 5.75 Å². The Morgan fingerprint density at radius 1 is 1.53 bits per heavy atom. The van der Waals surface area contributed by atoms with Crippen LogP contribution in [0.3, 0.4) is 0 Å². The summed E-state index contributed by atoms with van der Waals surface area (Å²) in [6, 6.07) is 3.76. The van der Waals surface area contributed by atoms with Gasteiger partial charge in [0.1, 0.15) is 0 Å². The zero-order valence-electron chi connectivity index (χ0n) is 8.61. The molecule has 1 heterocycles. The van der Waals surface area contributed by atoms with Gasteiger partial charge in [0.25, 0.3) is 0 Å². The molecule has 0 unspecified atom stereocenters. The van der Waals surface area contributed by atoms with Crippen molar-refractivity contribution >= 4 is 21.6 Å². The molecule has 0 amide bonds. The first-order valence-corrected chi connectivity index (χ1v) is 6.87. The van der Waals surface area contributed by atoms with Gasteiger partial charge in [-0.15, -0.1) is 11.6 Å². The molecule has 0 atom stereocenters. The Morgan fingerprint density at radius 2 is 2.27 bits per heavy atom. The van der Waals surface area contributed by atoms with E-state index in [9.17, 15) is 8.42 Å². The lowest BCUT2D eigenvalue weighted by Crippen LogP contribution is -2.26. The second-order valence-corrected chi connectivity index (χ2v) is 5.60. The standard InChI is InChI=1S/C9H15ClN2O2S/c1-12-6-2-4-9(12)8-11-15(13,14)7-3-5-10/h2,4,6,11H,3,5,7-8H2,1H3. The molecule has 0 saturated carbocycles. The summed E-state index contributed by atoms with van der Waals surface area (Å²) in [7, 11) is -1.31. The number of nitrogens with zero attached hydrogens (tertiary/aromatic N) is 1. The number of alkyl halides is 1. The van der Waals surface area contributed by atoms with Crippen LogP contribution in [0.25, 0.3) is 0 Å². The van der Waals surface area contributed by atoms with Gasteiger partial charge in [-0.1, -0.05) is 0 Å². The van der Waals surface area contributed by atoms with Crippen LogP contribution in [0.4, 0.5) is 0 Å². The summed E-state index contributed by atoms with van der Waals surface area (Å²) in [6.07, 6.45) is 2.35. The highest BCUT2D eigenvalue weighted by Gasteiger charge is 2.09. The van der Waals surface area contributed by atoms with Crippen LogP contribution in [-0.4, -0.2) is 24.6 Å². The van der Waals surface area contributed by atoms with Gasteiger partial charge in [-0.3, -0.25) is 0 Å². The average Bonchev–Trinajstić information content (AvgIpc) is 2.58. The Balaban J connectivity index is 2.46. The van der Waals surface area contributed by atoms with Gasteiger partial charge in [-0.05, 0) is 18.6 Å². The van der Waals surface area contributed by atoms with Crippen LogP contribution in [-0.2, 0) is 23.6 Å². The summed E-state index contributed by atoms with van der Waals surface area (Å²) in [6.45, 7) is 0.327. The third-order valence-electron chi connectivity index (χ3n) is 2.07. The molecule has 1 aromatic heterocycles. The number of rotatable bonds is 6. The minimum Gasteiger partial charge on any atom is -0.353 e. The van der Waals surface area contributed by atoms with Gasteiger partial charge in [0.15, 0.2) is 0 Å². The second-order valence-electron chi connectivity index (χ2n) is 3.29. The zero-order chi connectivity index (χ0) is 11.3. The summed E-state index contributed by atoms with van der Waals surface area (Å²) in [5.41, 5.74) is 0.935. The molecule has 0 radical (unpaired) electrons. The molecule has 0 spiro atoms. The van der Waals surface area contributed by atoms with Gasteiger partial charge in [0.05, 0.1) is 12.3 Å². The minimum atomic E-state index is -3.18. The van der Waals surface area contributed by atoms with Crippen molar-refractivity contribution in [2.45, 2.75) is 13.0 Å². The lowest BCUT2D eigenvalue weighted by molar-refractivity contribution is 0.578. The van der Waals surface area contributed by atoms with Crippen molar-refractivity contribution in [2.24, 2.45) is 7.05 Å². The zero-order valence-corrected chi connectivity index (χ0v) is 10.2. The van der Waals surface area contributed by atoms with E-state index in [0.29, 0.717) is 18.8 Å². The van der Waals surface area contributed by atoms with E-state index in [2.05, 4.69) is 4.72 Å². The van der Waals surface area contributed by atoms with Crippen LogP contribution in [0.5, 0.6) is 0 Å². The minimum absolute atomic E-state index is 0.0842. The molecule has 0 aliphatic rings. The van der Waals surface area contributed by atoms with E-state index in [1.54, 1.807) is 0 Å². The maximum Gasteiger partial charge on any atom is 0.211 e. The molecule has 1 N–H and O–H groups in total. The molecule has 1 aromatic rings. The molecule has 4 nitrogen and oxygen atoms in total. The Bertz CT molecular complexity index is 400. The van der Waals surface area contributed by atoms with Crippen molar-refractivity contribution in [1.29, 1.82) is 0 Å². The molecular formula is C9H15ClN2O2S. The first kappa shape index (κ1) is 12.5. The molecule has 0 aliphatic carbocycles. The molecule has 86 valence electrons. The monoisotopic (exact) mass is 250 g/mol. The van der Waals surface area contributed by atoms with Crippen LogP contribution < -0.4 is 4.72 Å². The van der Waals surface area contributed by atoms with Gasteiger partial charge < -0.3 is 4.57 Å². The van der Waals surface area contributed by atoms with Gasteiger partial charge in [-0.25, -0.2) is 13.1 Å². The lowest BCUT2D eigenvalue weighted by atomic mass is 10.4. The molecule has 0 bridgehead atoms. The summed E-state index contributed by atoms with van der Waals surface area (Å²) in [5, 5.41) is 0. The first-order chi connectivity index (χ1) is 7.05. The normalized spacial score (nSPS) is 11.9. The number of sulfonamides is 1. The maximum absolute atomic E-state index is 11.4. The van der Waals surface area contributed by atoms with Crippen LogP contribution >= 0.6 is 11.6 Å².